The summed E-state index contributed by atoms with van der Waals surface area (Å²) in [6, 6.07) is 13.7. The van der Waals surface area contributed by atoms with Gasteiger partial charge < -0.3 is 9.13 Å². The van der Waals surface area contributed by atoms with Crippen molar-refractivity contribution in [2.75, 3.05) is 0 Å². The minimum absolute atomic E-state index is 0.202. The molecule has 2 aromatic heterocycles. The van der Waals surface area contributed by atoms with Gasteiger partial charge in [0.2, 0.25) is 0 Å². The van der Waals surface area contributed by atoms with Crippen LogP contribution in [0.5, 0.6) is 0 Å². The van der Waals surface area contributed by atoms with E-state index in [1.807, 2.05) is 113 Å². The fraction of sp³-hybridized carbons (Fsp3) is 0.308. The van der Waals surface area contributed by atoms with Gasteiger partial charge in [-0.05, 0) is 79.4 Å². The Morgan fingerprint density at radius 3 is 1.20 bits per heavy atom. The normalized spacial score (nSPS) is 11.5. The van der Waals surface area contributed by atoms with Gasteiger partial charge in [-0.25, -0.2) is 0 Å². The van der Waals surface area contributed by atoms with E-state index in [9.17, 15) is 0 Å². The average Bonchev–Trinajstić information content (AvgIpc) is 3.75. The molecule has 0 unspecified atom stereocenters. The van der Waals surface area contributed by atoms with Gasteiger partial charge in [0, 0.05) is 50.4 Å². The van der Waals surface area contributed by atoms with Crippen LogP contribution in [0, 0.1) is 13.8 Å². The Labute approximate surface area is 332 Å². The minimum Gasteiger partial charge on any atom is -0.313 e. The number of fused-ring (bicyclic) bond motifs is 3. The van der Waals surface area contributed by atoms with E-state index in [-0.39, 0.29) is 5.41 Å². The van der Waals surface area contributed by atoms with Crippen LogP contribution in [0.2, 0.25) is 0 Å². The molecular weight excluding hydrogens is 653 g/mol. The van der Waals surface area contributed by atoms with Crippen LogP contribution in [0.1, 0.15) is 146 Å². The zero-order valence-electron chi connectivity index (χ0n) is 36.7. The van der Waals surface area contributed by atoms with Gasteiger partial charge in [-0.2, -0.15) is 0 Å². The molecule has 5 rings (SSSR count). The second kappa shape index (κ2) is 24.3. The summed E-state index contributed by atoms with van der Waals surface area (Å²) in [4.78, 5) is 0. The smallest absolute Gasteiger partial charge is 0.0531 e. The highest BCUT2D eigenvalue weighted by molar-refractivity contribution is 5.84. The second-order valence-corrected chi connectivity index (χ2v) is 11.7. The van der Waals surface area contributed by atoms with Crippen molar-refractivity contribution in [2.45, 2.75) is 109 Å². The zero-order chi connectivity index (χ0) is 41.8. The first-order valence-corrected chi connectivity index (χ1v) is 20.1. The maximum atomic E-state index is 4.19. The fourth-order valence-corrected chi connectivity index (χ4v) is 6.87. The largest absolute Gasteiger partial charge is 0.313 e. The van der Waals surface area contributed by atoms with Gasteiger partial charge in [0.15, 0.2) is 0 Å². The van der Waals surface area contributed by atoms with Crippen molar-refractivity contribution in [3.8, 4) is 22.5 Å². The van der Waals surface area contributed by atoms with Crippen molar-refractivity contribution in [1.29, 1.82) is 0 Å². The molecular formula is C52H72N2. The van der Waals surface area contributed by atoms with Crippen molar-refractivity contribution < 1.29 is 0 Å². The molecule has 1 aliphatic rings. The van der Waals surface area contributed by atoms with Crippen LogP contribution in [-0.2, 0) is 5.41 Å². The number of hydrogen-bond acceptors (Lipinski definition) is 0. The molecule has 54 heavy (non-hydrogen) atoms. The molecule has 0 bridgehead atoms. The lowest BCUT2D eigenvalue weighted by Gasteiger charge is -2.23. The number of rotatable bonds is 10. The van der Waals surface area contributed by atoms with E-state index >= 15 is 0 Å². The molecule has 4 aromatic rings. The molecule has 0 aliphatic heterocycles. The van der Waals surface area contributed by atoms with E-state index in [1.54, 1.807) is 6.08 Å². The third-order valence-corrected chi connectivity index (χ3v) is 8.95. The maximum absolute atomic E-state index is 4.19. The number of aromatic nitrogens is 2. The summed E-state index contributed by atoms with van der Waals surface area (Å²) in [7, 11) is 0. The first-order valence-electron chi connectivity index (χ1n) is 20.1. The van der Waals surface area contributed by atoms with Crippen LogP contribution >= 0.6 is 0 Å². The van der Waals surface area contributed by atoms with Crippen molar-refractivity contribution in [1.82, 2.24) is 9.13 Å². The molecule has 2 heterocycles. The fourth-order valence-electron chi connectivity index (χ4n) is 6.87. The second-order valence-electron chi connectivity index (χ2n) is 11.7. The lowest BCUT2D eigenvalue weighted by molar-refractivity contribution is 0.658. The summed E-state index contributed by atoms with van der Waals surface area (Å²) < 4.78 is 4.61. The van der Waals surface area contributed by atoms with Crippen LogP contribution in [0.4, 0.5) is 0 Å². The Kier molecular flexibility index (Phi) is 22.0. The highest BCUT2D eigenvalue weighted by atomic mass is 15.0. The molecule has 290 valence electrons. The topological polar surface area (TPSA) is 9.86 Å². The zero-order valence-corrected chi connectivity index (χ0v) is 36.7. The van der Waals surface area contributed by atoms with Crippen molar-refractivity contribution in [3.63, 3.8) is 0 Å². The Morgan fingerprint density at radius 2 is 0.870 bits per heavy atom. The van der Waals surface area contributed by atoms with Crippen LogP contribution < -0.4 is 0 Å². The predicted octanol–water partition coefficient (Wildman–Crippen LogP) is 16.7. The van der Waals surface area contributed by atoms with Crippen LogP contribution in [0.3, 0.4) is 0 Å². The Balaban J connectivity index is 0.00000259. The van der Waals surface area contributed by atoms with E-state index < -0.39 is 0 Å². The van der Waals surface area contributed by atoms with E-state index in [2.05, 4.69) is 130 Å². The summed E-state index contributed by atoms with van der Waals surface area (Å²) in [5, 5.41) is 0. The summed E-state index contributed by atoms with van der Waals surface area (Å²) in [5.74, 6) is 0. The molecule has 0 fully saturated rings. The number of hydrogen-bond donors (Lipinski definition) is 0. The molecule has 0 spiro atoms. The molecule has 0 saturated carbocycles. The molecule has 0 saturated heterocycles. The molecule has 0 N–H and O–H groups in total. The predicted molar refractivity (Wildman–Crippen MR) is 252 cm³/mol. The summed E-state index contributed by atoms with van der Waals surface area (Å²) in [5.41, 5.74) is 16.2. The van der Waals surface area contributed by atoms with Crippen LogP contribution in [0.25, 0.3) is 59.0 Å². The quantitative estimate of drug-likeness (QED) is 0.144. The van der Waals surface area contributed by atoms with Gasteiger partial charge >= 0.3 is 0 Å². The van der Waals surface area contributed by atoms with Gasteiger partial charge in [0.25, 0.3) is 0 Å². The van der Waals surface area contributed by atoms with Gasteiger partial charge in [-0.15, -0.1) is 0 Å². The number of benzene rings is 2. The molecule has 2 nitrogen and oxygen atoms in total. The van der Waals surface area contributed by atoms with Gasteiger partial charge in [0.1, 0.15) is 0 Å². The van der Waals surface area contributed by atoms with E-state index in [0.717, 1.165) is 45.1 Å². The van der Waals surface area contributed by atoms with Crippen LogP contribution in [0.15, 0.2) is 99.7 Å². The number of nitrogens with zero attached hydrogens (tertiary/aromatic N) is 2. The Morgan fingerprint density at radius 1 is 0.500 bits per heavy atom. The van der Waals surface area contributed by atoms with Crippen molar-refractivity contribution >= 4 is 36.5 Å². The summed E-state index contributed by atoms with van der Waals surface area (Å²) in [6.45, 7) is 51.2. The highest BCUT2D eigenvalue weighted by Crippen LogP contribution is 2.50. The van der Waals surface area contributed by atoms with Crippen LogP contribution in [-0.4, -0.2) is 9.13 Å². The first-order chi connectivity index (χ1) is 26.2. The first kappa shape index (κ1) is 48.9. The van der Waals surface area contributed by atoms with E-state index in [0.29, 0.717) is 0 Å². The van der Waals surface area contributed by atoms with Gasteiger partial charge in [0.05, 0.1) is 11.4 Å². The minimum atomic E-state index is -0.202. The van der Waals surface area contributed by atoms with Crippen molar-refractivity contribution in [2.24, 2.45) is 0 Å². The summed E-state index contributed by atoms with van der Waals surface area (Å²) in [6.07, 6.45) is 21.8. The SMILES string of the molecule is C=C/C=C\c1c(C=C)c(C=C)n(-c2ccc3c(c2)C(C)(C)c2cc(-n4c(C)c(/C=C\C=C)c(/C=C\C)c4C=C)ccc2-3)c1C.CC.CC.CC.CC.CC. The molecule has 0 radical (unpaired) electrons. The Bertz CT molecular complexity index is 1940. The lowest BCUT2D eigenvalue weighted by Crippen LogP contribution is -2.16. The molecule has 1 aliphatic carbocycles. The molecule has 0 atom stereocenters. The molecule has 2 heteroatoms. The lowest BCUT2D eigenvalue weighted by atomic mass is 9.82. The maximum Gasteiger partial charge on any atom is 0.0531 e. The Hall–Kier alpha value is -5.08. The standard InChI is InChI=1S/C42H42N2.5C2H6/c1-11-17-20-33-28(7)43(40(15-5)32(33)14-4)30-22-24-35-36-25-23-31(27-39(36)42(9,10)38(35)26-30)44-29(8)34(21-18-12-2)37(19-13-3)41(44)16-6;5*1-2/h11-27H,1-2,4-6H2,3,7-10H3;5*1-2H3/b19-13-,20-17-,21-18-;;;;;. The average molecular weight is 725 g/mol. The van der Waals surface area contributed by atoms with E-state index in [4.69, 9.17) is 0 Å². The van der Waals surface area contributed by atoms with Gasteiger partial charge in [-0.1, -0.05) is 183 Å². The van der Waals surface area contributed by atoms with E-state index in [1.165, 1.54) is 33.5 Å². The van der Waals surface area contributed by atoms with Gasteiger partial charge in [-0.3, -0.25) is 0 Å². The molecule has 0 amide bonds. The monoisotopic (exact) mass is 725 g/mol. The highest BCUT2D eigenvalue weighted by Gasteiger charge is 2.36. The summed E-state index contributed by atoms with van der Waals surface area (Å²) >= 11 is 0. The number of allylic oxidation sites excluding steroid dienone is 5. The molecule has 2 aromatic carbocycles. The third kappa shape index (κ3) is 9.52. The van der Waals surface area contributed by atoms with Crippen molar-refractivity contribution in [3.05, 3.63) is 156 Å². The third-order valence-electron chi connectivity index (χ3n) is 8.95.